The lowest BCUT2D eigenvalue weighted by Crippen LogP contribution is -2.07. The van der Waals surface area contributed by atoms with Crippen LogP contribution in [0.1, 0.15) is 18.5 Å². The Kier molecular flexibility index (Phi) is 2.39. The zero-order chi connectivity index (χ0) is 9.97. The van der Waals surface area contributed by atoms with Crippen LogP contribution in [0.15, 0.2) is 35.7 Å². The van der Waals surface area contributed by atoms with E-state index in [2.05, 4.69) is 11.2 Å². The number of hydrogen-bond donors (Lipinski definition) is 1. The van der Waals surface area contributed by atoms with Crippen molar-refractivity contribution in [1.82, 2.24) is 9.78 Å². The largest absolute Gasteiger partial charge is 0.402 e. The quantitative estimate of drug-likeness (QED) is 0.770. The molecule has 1 heterocycles. The number of nitrogens with two attached hydrogens (primary N) is 1. The van der Waals surface area contributed by atoms with Gasteiger partial charge in [-0.1, -0.05) is 6.08 Å². The van der Waals surface area contributed by atoms with Crippen molar-refractivity contribution in [2.75, 3.05) is 0 Å². The Morgan fingerprint density at radius 3 is 2.86 bits per heavy atom. The minimum atomic E-state index is 0.887. The van der Waals surface area contributed by atoms with Gasteiger partial charge in [0.2, 0.25) is 0 Å². The fraction of sp³-hybridized carbons (Fsp3) is 0.364. The molecule has 2 N–H and O–H groups in total. The van der Waals surface area contributed by atoms with Gasteiger partial charge in [-0.05, 0) is 37.5 Å². The van der Waals surface area contributed by atoms with Crippen molar-refractivity contribution in [1.29, 1.82) is 0 Å². The lowest BCUT2D eigenvalue weighted by molar-refractivity contribution is 0.644. The number of aromatic nitrogens is 2. The van der Waals surface area contributed by atoms with Crippen molar-refractivity contribution in [3.05, 3.63) is 41.4 Å². The van der Waals surface area contributed by atoms with Crippen molar-refractivity contribution < 1.29 is 0 Å². The number of rotatable bonds is 2. The molecule has 14 heavy (non-hydrogen) atoms. The molecule has 0 saturated carbocycles. The SMILES string of the molecule is Cc1ccn(CC2=CC=C(N)CC2)n1. The van der Waals surface area contributed by atoms with E-state index in [0.717, 1.165) is 30.8 Å². The molecular formula is C11H15N3. The van der Waals surface area contributed by atoms with Gasteiger partial charge in [-0.25, -0.2) is 0 Å². The Hall–Kier alpha value is -1.51. The Morgan fingerprint density at radius 1 is 1.43 bits per heavy atom. The normalized spacial score (nSPS) is 16.4. The van der Waals surface area contributed by atoms with Gasteiger partial charge in [0.05, 0.1) is 12.2 Å². The summed E-state index contributed by atoms with van der Waals surface area (Å²) in [4.78, 5) is 0. The van der Waals surface area contributed by atoms with Crippen LogP contribution in [0.4, 0.5) is 0 Å². The van der Waals surface area contributed by atoms with Crippen LogP contribution in [0, 0.1) is 6.92 Å². The molecule has 1 aliphatic rings. The zero-order valence-electron chi connectivity index (χ0n) is 8.40. The highest BCUT2D eigenvalue weighted by molar-refractivity contribution is 5.22. The fourth-order valence-electron chi connectivity index (χ4n) is 1.59. The predicted molar refractivity (Wildman–Crippen MR) is 56.6 cm³/mol. The molecule has 0 bridgehead atoms. The molecule has 1 aliphatic carbocycles. The maximum Gasteiger partial charge on any atom is 0.0622 e. The van der Waals surface area contributed by atoms with Crippen molar-refractivity contribution >= 4 is 0 Å². The highest BCUT2D eigenvalue weighted by atomic mass is 15.3. The third kappa shape index (κ3) is 2.05. The van der Waals surface area contributed by atoms with Crippen LogP contribution in [0.3, 0.4) is 0 Å². The van der Waals surface area contributed by atoms with Crippen LogP contribution in [-0.4, -0.2) is 9.78 Å². The van der Waals surface area contributed by atoms with Gasteiger partial charge in [-0.3, -0.25) is 4.68 Å². The van der Waals surface area contributed by atoms with Crippen LogP contribution in [0.2, 0.25) is 0 Å². The number of hydrogen-bond acceptors (Lipinski definition) is 2. The Labute approximate surface area is 83.9 Å². The summed E-state index contributed by atoms with van der Waals surface area (Å²) in [6.07, 6.45) is 8.15. The van der Waals surface area contributed by atoms with E-state index in [1.165, 1.54) is 5.57 Å². The van der Waals surface area contributed by atoms with E-state index in [1.807, 2.05) is 29.9 Å². The topological polar surface area (TPSA) is 43.8 Å². The molecule has 0 radical (unpaired) electrons. The highest BCUT2D eigenvalue weighted by Crippen LogP contribution is 2.16. The molecule has 0 aliphatic heterocycles. The molecule has 0 unspecified atom stereocenters. The maximum absolute atomic E-state index is 5.69. The fourth-order valence-corrected chi connectivity index (χ4v) is 1.59. The van der Waals surface area contributed by atoms with Crippen LogP contribution in [0.5, 0.6) is 0 Å². The molecule has 3 heteroatoms. The van der Waals surface area contributed by atoms with Crippen molar-refractivity contribution in [3.63, 3.8) is 0 Å². The third-order valence-corrected chi connectivity index (χ3v) is 2.41. The summed E-state index contributed by atoms with van der Waals surface area (Å²) in [5, 5.41) is 4.35. The van der Waals surface area contributed by atoms with E-state index < -0.39 is 0 Å². The van der Waals surface area contributed by atoms with Gasteiger partial charge >= 0.3 is 0 Å². The zero-order valence-corrected chi connectivity index (χ0v) is 8.40. The maximum atomic E-state index is 5.69. The van der Waals surface area contributed by atoms with Gasteiger partial charge in [0.15, 0.2) is 0 Å². The molecule has 0 atom stereocenters. The van der Waals surface area contributed by atoms with Crippen molar-refractivity contribution in [3.8, 4) is 0 Å². The van der Waals surface area contributed by atoms with Gasteiger partial charge in [0, 0.05) is 11.9 Å². The first-order chi connectivity index (χ1) is 6.74. The summed E-state index contributed by atoms with van der Waals surface area (Å²) in [5.41, 5.74) is 9.12. The lowest BCUT2D eigenvalue weighted by Gasteiger charge is -2.11. The molecule has 74 valence electrons. The standard InChI is InChI=1S/C11H15N3/c1-9-6-7-14(13-9)8-10-2-4-11(12)5-3-10/h2,4,6-7H,3,5,8,12H2,1H3. The average Bonchev–Trinajstić information content (AvgIpc) is 2.56. The first-order valence-corrected chi connectivity index (χ1v) is 4.88. The van der Waals surface area contributed by atoms with E-state index in [-0.39, 0.29) is 0 Å². The average molecular weight is 189 g/mol. The minimum Gasteiger partial charge on any atom is -0.402 e. The lowest BCUT2D eigenvalue weighted by atomic mass is 10.0. The summed E-state index contributed by atoms with van der Waals surface area (Å²) >= 11 is 0. The molecular weight excluding hydrogens is 174 g/mol. The number of aryl methyl sites for hydroxylation is 1. The van der Waals surface area contributed by atoms with Gasteiger partial charge in [0.25, 0.3) is 0 Å². The van der Waals surface area contributed by atoms with Gasteiger partial charge < -0.3 is 5.73 Å². The number of allylic oxidation sites excluding steroid dienone is 4. The van der Waals surface area contributed by atoms with Crippen LogP contribution in [0.25, 0.3) is 0 Å². The third-order valence-electron chi connectivity index (χ3n) is 2.41. The molecule has 1 aromatic heterocycles. The van der Waals surface area contributed by atoms with E-state index in [9.17, 15) is 0 Å². The summed E-state index contributed by atoms with van der Waals surface area (Å²) in [6.45, 7) is 2.89. The summed E-state index contributed by atoms with van der Waals surface area (Å²) in [5.74, 6) is 0. The van der Waals surface area contributed by atoms with E-state index in [1.54, 1.807) is 0 Å². The molecule has 0 spiro atoms. The first-order valence-electron chi connectivity index (χ1n) is 4.88. The monoisotopic (exact) mass is 189 g/mol. The Balaban J connectivity index is 2.05. The summed E-state index contributed by atoms with van der Waals surface area (Å²) < 4.78 is 1.97. The molecule has 0 amide bonds. The molecule has 0 aromatic carbocycles. The predicted octanol–water partition coefficient (Wildman–Crippen LogP) is 1.75. The second-order valence-corrected chi connectivity index (χ2v) is 3.72. The second-order valence-electron chi connectivity index (χ2n) is 3.72. The molecule has 3 nitrogen and oxygen atoms in total. The molecule has 0 saturated heterocycles. The first kappa shape index (κ1) is 9.06. The van der Waals surface area contributed by atoms with Crippen LogP contribution < -0.4 is 5.73 Å². The van der Waals surface area contributed by atoms with E-state index in [0.29, 0.717) is 0 Å². The minimum absolute atomic E-state index is 0.887. The smallest absolute Gasteiger partial charge is 0.0622 e. The second kappa shape index (κ2) is 3.70. The Morgan fingerprint density at radius 2 is 2.29 bits per heavy atom. The Bertz CT molecular complexity index is 385. The van der Waals surface area contributed by atoms with Gasteiger partial charge in [0.1, 0.15) is 0 Å². The molecule has 2 rings (SSSR count). The highest BCUT2D eigenvalue weighted by Gasteiger charge is 2.04. The van der Waals surface area contributed by atoms with Crippen molar-refractivity contribution in [2.24, 2.45) is 5.73 Å². The van der Waals surface area contributed by atoms with E-state index >= 15 is 0 Å². The van der Waals surface area contributed by atoms with Crippen LogP contribution >= 0.6 is 0 Å². The number of nitrogens with zero attached hydrogens (tertiary/aromatic N) is 2. The molecule has 0 fully saturated rings. The summed E-state index contributed by atoms with van der Waals surface area (Å²) in [7, 11) is 0. The van der Waals surface area contributed by atoms with Crippen molar-refractivity contribution in [2.45, 2.75) is 26.3 Å². The van der Waals surface area contributed by atoms with Crippen LogP contribution in [-0.2, 0) is 6.54 Å². The van der Waals surface area contributed by atoms with E-state index in [4.69, 9.17) is 5.73 Å². The van der Waals surface area contributed by atoms with Gasteiger partial charge in [-0.15, -0.1) is 0 Å². The van der Waals surface area contributed by atoms with Gasteiger partial charge in [-0.2, -0.15) is 5.10 Å². The summed E-state index contributed by atoms with van der Waals surface area (Å²) in [6, 6.07) is 2.02. The molecule has 1 aromatic rings.